The summed E-state index contributed by atoms with van der Waals surface area (Å²) < 4.78 is 0. The first kappa shape index (κ1) is 9.62. The average Bonchev–Trinajstić information content (AvgIpc) is 2.61. The van der Waals surface area contributed by atoms with E-state index in [2.05, 4.69) is 28.8 Å². The second kappa shape index (κ2) is 3.67. The average molecular weight is 201 g/mol. The van der Waals surface area contributed by atoms with E-state index in [0.717, 1.165) is 16.9 Å². The highest BCUT2D eigenvalue weighted by molar-refractivity contribution is 5.79. The molecular formula is C11H11N3O. The second-order valence-electron chi connectivity index (χ2n) is 3.68. The minimum absolute atomic E-state index is 0.357. The van der Waals surface area contributed by atoms with Gasteiger partial charge in [0, 0.05) is 5.92 Å². The van der Waals surface area contributed by atoms with Crippen molar-refractivity contribution in [2.45, 2.75) is 19.8 Å². The lowest BCUT2D eigenvalue weighted by Gasteiger charge is -1.95. The molecule has 0 aliphatic carbocycles. The van der Waals surface area contributed by atoms with Gasteiger partial charge in [0.05, 0.1) is 16.7 Å². The van der Waals surface area contributed by atoms with Gasteiger partial charge in [0.2, 0.25) is 6.08 Å². The lowest BCUT2D eigenvalue weighted by Crippen LogP contribution is -1.88. The second-order valence-corrected chi connectivity index (χ2v) is 3.68. The summed E-state index contributed by atoms with van der Waals surface area (Å²) in [5, 5.41) is 0. The van der Waals surface area contributed by atoms with E-state index < -0.39 is 0 Å². The molecule has 0 saturated carbocycles. The number of fused-ring (bicyclic) bond motifs is 1. The smallest absolute Gasteiger partial charge is 0.240 e. The monoisotopic (exact) mass is 201 g/mol. The molecule has 1 aromatic heterocycles. The van der Waals surface area contributed by atoms with Crippen molar-refractivity contribution >= 4 is 22.8 Å². The summed E-state index contributed by atoms with van der Waals surface area (Å²) in [5.74, 6) is 1.30. The van der Waals surface area contributed by atoms with Crippen molar-refractivity contribution in [3.05, 3.63) is 24.0 Å². The molecule has 2 aromatic rings. The summed E-state index contributed by atoms with van der Waals surface area (Å²) in [6.45, 7) is 4.14. The Morgan fingerprint density at radius 1 is 1.47 bits per heavy atom. The van der Waals surface area contributed by atoms with Crippen LogP contribution in [0.1, 0.15) is 25.6 Å². The molecule has 4 heteroatoms. The number of isocyanates is 1. The molecule has 0 bridgehead atoms. The van der Waals surface area contributed by atoms with Gasteiger partial charge < -0.3 is 4.98 Å². The van der Waals surface area contributed by atoms with Crippen molar-refractivity contribution in [2.24, 2.45) is 4.99 Å². The van der Waals surface area contributed by atoms with Gasteiger partial charge in [-0.2, -0.15) is 4.99 Å². The molecule has 0 unspecified atom stereocenters. The Morgan fingerprint density at radius 2 is 2.27 bits per heavy atom. The van der Waals surface area contributed by atoms with E-state index in [9.17, 15) is 4.79 Å². The molecule has 1 N–H and O–H groups in total. The number of hydrogen-bond acceptors (Lipinski definition) is 3. The number of nitrogens with zero attached hydrogens (tertiary/aromatic N) is 2. The summed E-state index contributed by atoms with van der Waals surface area (Å²) in [7, 11) is 0. The third kappa shape index (κ3) is 1.80. The molecule has 0 aliphatic rings. The molecule has 1 heterocycles. The standard InChI is InChI=1S/C11H11N3O/c1-7(2)11-13-9-4-3-8(12-6-15)5-10(9)14-11/h3-5,7H,1-2H3,(H,13,14). The van der Waals surface area contributed by atoms with Crippen molar-refractivity contribution < 1.29 is 4.79 Å². The van der Waals surface area contributed by atoms with Crippen LogP contribution in [0.3, 0.4) is 0 Å². The molecule has 0 aliphatic heterocycles. The number of rotatable bonds is 2. The van der Waals surface area contributed by atoms with Crippen molar-refractivity contribution in [2.75, 3.05) is 0 Å². The fraction of sp³-hybridized carbons (Fsp3) is 0.273. The number of imidazole rings is 1. The Labute approximate surface area is 87.1 Å². The van der Waals surface area contributed by atoms with Gasteiger partial charge in [-0.15, -0.1) is 0 Å². The Hall–Kier alpha value is -1.93. The number of benzene rings is 1. The Bertz CT molecular complexity index is 536. The zero-order valence-corrected chi connectivity index (χ0v) is 8.61. The summed E-state index contributed by atoms with van der Waals surface area (Å²) in [4.78, 5) is 21.3. The van der Waals surface area contributed by atoms with Gasteiger partial charge in [-0.1, -0.05) is 13.8 Å². The van der Waals surface area contributed by atoms with Gasteiger partial charge in [0.25, 0.3) is 0 Å². The van der Waals surface area contributed by atoms with Crippen LogP contribution in [0.25, 0.3) is 11.0 Å². The molecule has 2 rings (SSSR count). The van der Waals surface area contributed by atoms with Gasteiger partial charge in [0.15, 0.2) is 0 Å². The zero-order chi connectivity index (χ0) is 10.8. The molecule has 1 aromatic carbocycles. The maximum atomic E-state index is 10.1. The first-order valence-electron chi connectivity index (χ1n) is 4.78. The first-order valence-corrected chi connectivity index (χ1v) is 4.78. The van der Waals surface area contributed by atoms with Gasteiger partial charge in [0.1, 0.15) is 5.82 Å². The fourth-order valence-electron chi connectivity index (χ4n) is 1.41. The molecule has 4 nitrogen and oxygen atoms in total. The van der Waals surface area contributed by atoms with Crippen LogP contribution in [-0.4, -0.2) is 16.0 Å². The van der Waals surface area contributed by atoms with Gasteiger partial charge in [-0.05, 0) is 18.2 Å². The lowest BCUT2D eigenvalue weighted by atomic mass is 10.2. The Balaban J connectivity index is 2.56. The van der Waals surface area contributed by atoms with Crippen molar-refractivity contribution in [3.8, 4) is 0 Å². The Morgan fingerprint density at radius 3 is 2.93 bits per heavy atom. The first-order chi connectivity index (χ1) is 7.20. The molecular weight excluding hydrogens is 190 g/mol. The number of aromatic nitrogens is 2. The summed E-state index contributed by atoms with van der Waals surface area (Å²) in [5.41, 5.74) is 2.38. The van der Waals surface area contributed by atoms with Gasteiger partial charge in [-0.3, -0.25) is 0 Å². The molecule has 0 fully saturated rings. The van der Waals surface area contributed by atoms with E-state index in [1.54, 1.807) is 12.1 Å². The van der Waals surface area contributed by atoms with Crippen LogP contribution >= 0.6 is 0 Å². The predicted molar refractivity (Wildman–Crippen MR) is 58.0 cm³/mol. The maximum Gasteiger partial charge on any atom is 0.240 e. The quantitative estimate of drug-likeness (QED) is 0.599. The van der Waals surface area contributed by atoms with E-state index >= 15 is 0 Å². The maximum absolute atomic E-state index is 10.1. The number of aliphatic imine (C=N–C) groups is 1. The van der Waals surface area contributed by atoms with Crippen LogP contribution < -0.4 is 0 Å². The van der Waals surface area contributed by atoms with E-state index in [-0.39, 0.29) is 0 Å². The largest absolute Gasteiger partial charge is 0.342 e. The van der Waals surface area contributed by atoms with Crippen LogP contribution in [0.2, 0.25) is 0 Å². The molecule has 76 valence electrons. The van der Waals surface area contributed by atoms with E-state index in [1.165, 1.54) is 6.08 Å². The molecule has 15 heavy (non-hydrogen) atoms. The zero-order valence-electron chi connectivity index (χ0n) is 8.61. The highest BCUT2D eigenvalue weighted by atomic mass is 16.1. The van der Waals surface area contributed by atoms with Crippen LogP contribution in [0.15, 0.2) is 23.2 Å². The summed E-state index contributed by atoms with van der Waals surface area (Å²) in [6, 6.07) is 5.38. The molecule has 0 spiro atoms. The van der Waals surface area contributed by atoms with Crippen molar-refractivity contribution in [3.63, 3.8) is 0 Å². The number of aromatic amines is 1. The van der Waals surface area contributed by atoms with Gasteiger partial charge >= 0.3 is 0 Å². The normalized spacial score (nSPS) is 10.6. The number of carbonyl (C=O) groups excluding carboxylic acids is 1. The summed E-state index contributed by atoms with van der Waals surface area (Å²) in [6.07, 6.45) is 1.52. The van der Waals surface area contributed by atoms with Crippen LogP contribution in [0.4, 0.5) is 5.69 Å². The lowest BCUT2D eigenvalue weighted by molar-refractivity contribution is 0.565. The fourth-order valence-corrected chi connectivity index (χ4v) is 1.41. The van der Waals surface area contributed by atoms with Crippen LogP contribution in [-0.2, 0) is 4.79 Å². The number of nitrogens with one attached hydrogen (secondary N) is 1. The third-order valence-corrected chi connectivity index (χ3v) is 2.21. The number of hydrogen-bond donors (Lipinski definition) is 1. The minimum atomic E-state index is 0.357. The van der Waals surface area contributed by atoms with Crippen molar-refractivity contribution in [1.82, 2.24) is 9.97 Å². The summed E-state index contributed by atoms with van der Waals surface area (Å²) >= 11 is 0. The van der Waals surface area contributed by atoms with E-state index in [0.29, 0.717) is 11.6 Å². The van der Waals surface area contributed by atoms with E-state index in [1.807, 2.05) is 6.07 Å². The molecule has 0 saturated heterocycles. The molecule has 0 radical (unpaired) electrons. The molecule has 0 amide bonds. The van der Waals surface area contributed by atoms with Crippen LogP contribution in [0, 0.1) is 0 Å². The highest BCUT2D eigenvalue weighted by Gasteiger charge is 2.06. The highest BCUT2D eigenvalue weighted by Crippen LogP contribution is 2.21. The van der Waals surface area contributed by atoms with Crippen molar-refractivity contribution in [1.29, 1.82) is 0 Å². The number of H-pyrrole nitrogens is 1. The SMILES string of the molecule is CC(C)c1nc2ccc(N=C=O)cc2[nH]1. The van der Waals surface area contributed by atoms with Gasteiger partial charge in [-0.25, -0.2) is 9.78 Å². The van der Waals surface area contributed by atoms with E-state index in [4.69, 9.17) is 0 Å². The molecule has 0 atom stereocenters. The predicted octanol–water partition coefficient (Wildman–Crippen LogP) is 2.65. The third-order valence-electron chi connectivity index (χ3n) is 2.21. The Kier molecular flexibility index (Phi) is 2.35. The minimum Gasteiger partial charge on any atom is -0.342 e. The van der Waals surface area contributed by atoms with Crippen LogP contribution in [0.5, 0.6) is 0 Å². The topological polar surface area (TPSA) is 58.1 Å².